The van der Waals surface area contributed by atoms with Crippen LogP contribution in [0.5, 0.6) is 5.75 Å². The summed E-state index contributed by atoms with van der Waals surface area (Å²) >= 11 is 1.74. The molecule has 1 heterocycles. The van der Waals surface area contributed by atoms with Crippen LogP contribution in [0.4, 0.5) is 4.39 Å². The number of ether oxygens (including phenoxy) is 1. The summed E-state index contributed by atoms with van der Waals surface area (Å²) in [7, 11) is 1.46. The summed E-state index contributed by atoms with van der Waals surface area (Å²) < 4.78 is 18.9. The van der Waals surface area contributed by atoms with Gasteiger partial charge in [0.05, 0.1) is 18.2 Å². The molecule has 0 radical (unpaired) electrons. The molecular formula is C19H27FN4OS. The molecular weight excluding hydrogens is 351 g/mol. The molecule has 5 nitrogen and oxygen atoms in total. The third-order valence-electron chi connectivity index (χ3n) is 3.92. The minimum Gasteiger partial charge on any atom is -0.494 e. The number of aliphatic imine (C=N–C) groups is 1. The van der Waals surface area contributed by atoms with Crippen LogP contribution in [0.25, 0.3) is 0 Å². The smallest absolute Gasteiger partial charge is 0.191 e. The van der Waals surface area contributed by atoms with Crippen LogP contribution >= 0.6 is 11.3 Å². The van der Waals surface area contributed by atoms with Crippen molar-refractivity contribution in [2.45, 2.75) is 39.7 Å². The van der Waals surface area contributed by atoms with Gasteiger partial charge in [-0.25, -0.2) is 9.37 Å². The van der Waals surface area contributed by atoms with E-state index in [0.717, 1.165) is 30.0 Å². The van der Waals surface area contributed by atoms with Crippen molar-refractivity contribution in [3.63, 3.8) is 0 Å². The van der Waals surface area contributed by atoms with E-state index in [9.17, 15) is 4.39 Å². The highest BCUT2D eigenvalue weighted by Gasteiger charge is 2.11. The topological polar surface area (TPSA) is 58.5 Å². The molecule has 0 saturated heterocycles. The lowest BCUT2D eigenvalue weighted by atomic mass is 10.1. The predicted molar refractivity (Wildman–Crippen MR) is 106 cm³/mol. The van der Waals surface area contributed by atoms with E-state index >= 15 is 0 Å². The van der Waals surface area contributed by atoms with Crippen LogP contribution in [0.1, 0.15) is 42.3 Å². The Morgan fingerprint density at radius 1 is 1.38 bits per heavy atom. The predicted octanol–water partition coefficient (Wildman–Crippen LogP) is 3.71. The monoisotopic (exact) mass is 378 g/mol. The summed E-state index contributed by atoms with van der Waals surface area (Å²) in [6.45, 7) is 7.53. The zero-order valence-electron chi connectivity index (χ0n) is 15.8. The van der Waals surface area contributed by atoms with E-state index in [1.807, 2.05) is 26.1 Å². The van der Waals surface area contributed by atoms with Gasteiger partial charge in [-0.1, -0.05) is 13.0 Å². The zero-order chi connectivity index (χ0) is 18.9. The second kappa shape index (κ2) is 10.1. The highest BCUT2D eigenvalue weighted by molar-refractivity contribution is 7.11. The number of nitrogens with one attached hydrogen (secondary N) is 2. The van der Waals surface area contributed by atoms with Crippen molar-refractivity contribution in [3.05, 3.63) is 45.7 Å². The largest absolute Gasteiger partial charge is 0.494 e. The van der Waals surface area contributed by atoms with Crippen molar-refractivity contribution in [2.75, 3.05) is 20.2 Å². The van der Waals surface area contributed by atoms with Gasteiger partial charge in [-0.2, -0.15) is 0 Å². The van der Waals surface area contributed by atoms with E-state index in [1.165, 1.54) is 18.1 Å². The normalized spacial score (nSPS) is 12.7. The van der Waals surface area contributed by atoms with E-state index in [1.54, 1.807) is 17.4 Å². The summed E-state index contributed by atoms with van der Waals surface area (Å²) in [5.74, 6) is 0.594. The molecule has 1 aromatic carbocycles. The highest BCUT2D eigenvalue weighted by Crippen LogP contribution is 2.21. The Balaban J connectivity index is 1.98. The quantitative estimate of drug-likeness (QED) is 0.543. The van der Waals surface area contributed by atoms with Crippen LogP contribution in [-0.4, -0.2) is 31.1 Å². The van der Waals surface area contributed by atoms with Gasteiger partial charge < -0.3 is 15.4 Å². The van der Waals surface area contributed by atoms with E-state index in [0.29, 0.717) is 12.5 Å². The van der Waals surface area contributed by atoms with Gasteiger partial charge in [-0.15, -0.1) is 11.3 Å². The third-order valence-corrected chi connectivity index (χ3v) is 5.12. The van der Waals surface area contributed by atoms with Crippen LogP contribution in [0.3, 0.4) is 0 Å². The molecule has 0 amide bonds. The average Bonchev–Trinajstić information content (AvgIpc) is 3.09. The Morgan fingerprint density at radius 3 is 2.81 bits per heavy atom. The molecule has 1 unspecified atom stereocenters. The standard InChI is InChI=1S/C19H27FN4OS/c1-5-15-12-23-18(26-15)9-10-22-19(21-6-2)24-13(3)14-7-8-17(25-4)16(20)11-14/h7-8,11-13H,5-6,9-10H2,1-4H3,(H2,21,22,24). The molecule has 2 aromatic rings. The number of hydrogen-bond donors (Lipinski definition) is 2. The number of aromatic nitrogens is 1. The summed E-state index contributed by atoms with van der Waals surface area (Å²) in [5.41, 5.74) is 0.835. The fraction of sp³-hybridized carbons (Fsp3) is 0.474. The van der Waals surface area contributed by atoms with Gasteiger partial charge in [0, 0.05) is 30.6 Å². The molecule has 1 aromatic heterocycles. The lowest BCUT2D eigenvalue weighted by Crippen LogP contribution is -2.38. The Morgan fingerprint density at radius 2 is 2.19 bits per heavy atom. The van der Waals surface area contributed by atoms with Crippen LogP contribution in [0.15, 0.2) is 29.4 Å². The molecule has 0 aliphatic heterocycles. The van der Waals surface area contributed by atoms with Gasteiger partial charge >= 0.3 is 0 Å². The first kappa shape index (κ1) is 20.2. The second-order valence-corrected chi connectivity index (χ2v) is 7.04. The first-order chi connectivity index (χ1) is 12.6. The molecule has 0 spiro atoms. The van der Waals surface area contributed by atoms with Gasteiger partial charge in [-0.05, 0) is 38.0 Å². The number of guanidine groups is 1. The van der Waals surface area contributed by atoms with E-state index in [2.05, 4.69) is 27.5 Å². The van der Waals surface area contributed by atoms with E-state index < -0.39 is 0 Å². The lowest BCUT2D eigenvalue weighted by molar-refractivity contribution is 0.386. The molecule has 142 valence electrons. The van der Waals surface area contributed by atoms with E-state index in [-0.39, 0.29) is 17.6 Å². The molecule has 0 aliphatic rings. The van der Waals surface area contributed by atoms with E-state index in [4.69, 9.17) is 4.74 Å². The average molecular weight is 379 g/mol. The van der Waals surface area contributed by atoms with Crippen molar-refractivity contribution in [1.82, 2.24) is 15.6 Å². The van der Waals surface area contributed by atoms with Crippen molar-refractivity contribution in [1.29, 1.82) is 0 Å². The molecule has 2 N–H and O–H groups in total. The number of methoxy groups -OCH3 is 1. The molecule has 0 fully saturated rings. The summed E-state index contributed by atoms with van der Waals surface area (Å²) in [4.78, 5) is 10.3. The summed E-state index contributed by atoms with van der Waals surface area (Å²) in [6, 6.07) is 4.90. The number of rotatable bonds is 8. The summed E-state index contributed by atoms with van der Waals surface area (Å²) in [5, 5.41) is 7.65. The van der Waals surface area contributed by atoms with Crippen LogP contribution in [-0.2, 0) is 12.8 Å². The van der Waals surface area contributed by atoms with Crippen LogP contribution in [0, 0.1) is 5.82 Å². The van der Waals surface area contributed by atoms with Crippen molar-refractivity contribution in [2.24, 2.45) is 4.99 Å². The SMILES string of the molecule is CCNC(=NCCc1ncc(CC)s1)NC(C)c1ccc(OC)c(F)c1. The Labute approximate surface area is 158 Å². The molecule has 0 bridgehead atoms. The maximum Gasteiger partial charge on any atom is 0.191 e. The van der Waals surface area contributed by atoms with Gasteiger partial charge in [0.2, 0.25) is 0 Å². The van der Waals surface area contributed by atoms with Gasteiger partial charge in [-0.3, -0.25) is 4.99 Å². The van der Waals surface area contributed by atoms with Crippen LogP contribution < -0.4 is 15.4 Å². The minimum atomic E-state index is -0.365. The first-order valence-corrected chi connectivity index (χ1v) is 9.70. The van der Waals surface area contributed by atoms with Gasteiger partial charge in [0.25, 0.3) is 0 Å². The number of nitrogens with zero attached hydrogens (tertiary/aromatic N) is 2. The zero-order valence-corrected chi connectivity index (χ0v) is 16.6. The minimum absolute atomic E-state index is 0.0836. The molecule has 26 heavy (non-hydrogen) atoms. The van der Waals surface area contributed by atoms with Crippen molar-refractivity contribution < 1.29 is 9.13 Å². The number of benzene rings is 1. The third kappa shape index (κ3) is 5.69. The first-order valence-electron chi connectivity index (χ1n) is 8.89. The fourth-order valence-electron chi connectivity index (χ4n) is 2.45. The van der Waals surface area contributed by atoms with Crippen molar-refractivity contribution >= 4 is 17.3 Å². The number of hydrogen-bond acceptors (Lipinski definition) is 4. The highest BCUT2D eigenvalue weighted by atomic mass is 32.1. The maximum atomic E-state index is 13.9. The maximum absolute atomic E-state index is 13.9. The Kier molecular flexibility index (Phi) is 7.84. The molecule has 2 rings (SSSR count). The lowest BCUT2D eigenvalue weighted by Gasteiger charge is -2.18. The molecule has 7 heteroatoms. The summed E-state index contributed by atoms with van der Waals surface area (Å²) in [6.07, 6.45) is 3.77. The Bertz CT molecular complexity index is 732. The fourth-order valence-corrected chi connectivity index (χ4v) is 3.30. The molecule has 0 saturated carbocycles. The Hall–Kier alpha value is -2.15. The van der Waals surface area contributed by atoms with Gasteiger partial charge in [0.1, 0.15) is 0 Å². The second-order valence-electron chi connectivity index (χ2n) is 5.84. The van der Waals surface area contributed by atoms with Gasteiger partial charge in [0.15, 0.2) is 17.5 Å². The van der Waals surface area contributed by atoms with Crippen molar-refractivity contribution in [3.8, 4) is 5.75 Å². The number of aryl methyl sites for hydroxylation is 1. The van der Waals surface area contributed by atoms with Crippen LogP contribution in [0.2, 0.25) is 0 Å². The number of thiazole rings is 1. The number of halogens is 1. The molecule has 1 atom stereocenters. The molecule has 0 aliphatic carbocycles.